The van der Waals surface area contributed by atoms with E-state index in [4.69, 9.17) is 5.73 Å². The second kappa shape index (κ2) is 6.12. The van der Waals surface area contributed by atoms with Gasteiger partial charge in [0.15, 0.2) is 0 Å². The van der Waals surface area contributed by atoms with Gasteiger partial charge in [0, 0.05) is 5.54 Å². The van der Waals surface area contributed by atoms with E-state index >= 15 is 0 Å². The molecule has 2 atom stereocenters. The van der Waals surface area contributed by atoms with E-state index in [0.717, 1.165) is 18.3 Å². The third-order valence-corrected chi connectivity index (χ3v) is 5.92. The van der Waals surface area contributed by atoms with Crippen molar-refractivity contribution in [1.29, 1.82) is 0 Å². The molecule has 1 saturated carbocycles. The van der Waals surface area contributed by atoms with E-state index in [9.17, 15) is 0 Å². The fraction of sp³-hybridized carbons (Fsp3) is 0.700. The number of rotatable bonds is 3. The monoisotopic (exact) mass is 285 g/mol. The second-order valence-electron chi connectivity index (χ2n) is 7.93. The lowest BCUT2D eigenvalue weighted by Gasteiger charge is -2.29. The van der Waals surface area contributed by atoms with Crippen molar-refractivity contribution in [2.45, 2.75) is 77.2 Å². The van der Waals surface area contributed by atoms with Crippen molar-refractivity contribution in [3.8, 4) is 0 Å². The first-order chi connectivity index (χ1) is 10.1. The van der Waals surface area contributed by atoms with E-state index in [1.54, 1.807) is 11.1 Å². The highest BCUT2D eigenvalue weighted by molar-refractivity contribution is 5.36. The topological polar surface area (TPSA) is 26.0 Å². The summed E-state index contributed by atoms with van der Waals surface area (Å²) in [5.74, 6) is 1.70. The summed E-state index contributed by atoms with van der Waals surface area (Å²) in [7, 11) is 0. The van der Waals surface area contributed by atoms with Crippen molar-refractivity contribution in [2.24, 2.45) is 17.6 Å². The van der Waals surface area contributed by atoms with E-state index in [-0.39, 0.29) is 5.54 Å². The molecule has 0 aromatic heterocycles. The highest BCUT2D eigenvalue weighted by atomic mass is 14.7. The van der Waals surface area contributed by atoms with Crippen LogP contribution in [0.2, 0.25) is 0 Å². The Bertz CT molecular complexity index is 491. The molecule has 0 bridgehead atoms. The van der Waals surface area contributed by atoms with Crippen LogP contribution in [0.3, 0.4) is 0 Å². The van der Waals surface area contributed by atoms with Gasteiger partial charge >= 0.3 is 0 Å². The number of aryl methyl sites for hydroxylation is 2. The van der Waals surface area contributed by atoms with Crippen LogP contribution in [0.5, 0.6) is 0 Å². The first kappa shape index (κ1) is 15.1. The van der Waals surface area contributed by atoms with Crippen LogP contribution < -0.4 is 5.73 Å². The van der Waals surface area contributed by atoms with Gasteiger partial charge in [-0.15, -0.1) is 0 Å². The molecule has 2 aliphatic rings. The summed E-state index contributed by atoms with van der Waals surface area (Å²) in [6.07, 6.45) is 11.4. The van der Waals surface area contributed by atoms with Crippen LogP contribution in [-0.2, 0) is 19.3 Å². The molecule has 2 unspecified atom stereocenters. The lowest BCUT2D eigenvalue weighted by molar-refractivity contribution is 0.321. The minimum atomic E-state index is 0.0382. The first-order valence-electron chi connectivity index (χ1n) is 8.95. The molecule has 1 aromatic carbocycles. The quantitative estimate of drug-likeness (QED) is 0.804. The molecule has 0 saturated heterocycles. The zero-order valence-electron chi connectivity index (χ0n) is 13.8. The molecule has 0 spiro atoms. The van der Waals surface area contributed by atoms with Gasteiger partial charge in [0.1, 0.15) is 0 Å². The Morgan fingerprint density at radius 3 is 2.71 bits per heavy atom. The SMILES string of the molecule is CC(C)C1CCCC(N)(Cc2ccc3c(c2)CCC3)CC1. The largest absolute Gasteiger partial charge is 0.325 e. The standard InChI is InChI=1S/C20H31N/c1-15(2)17-7-4-11-20(21,12-10-17)14-16-8-9-18-5-3-6-19(18)13-16/h8-9,13,15,17H,3-7,10-12,14,21H2,1-2H3. The molecule has 1 aromatic rings. The van der Waals surface area contributed by atoms with Crippen molar-refractivity contribution in [3.05, 3.63) is 34.9 Å². The smallest absolute Gasteiger partial charge is 0.0195 e. The molecular formula is C20H31N. The van der Waals surface area contributed by atoms with Gasteiger partial charge < -0.3 is 5.73 Å². The molecule has 21 heavy (non-hydrogen) atoms. The molecule has 1 nitrogen and oxygen atoms in total. The van der Waals surface area contributed by atoms with Gasteiger partial charge in [0.05, 0.1) is 0 Å². The molecule has 3 rings (SSSR count). The number of hydrogen-bond donors (Lipinski definition) is 1. The van der Waals surface area contributed by atoms with E-state index in [1.807, 2.05) is 0 Å². The molecular weight excluding hydrogens is 254 g/mol. The van der Waals surface area contributed by atoms with Crippen LogP contribution >= 0.6 is 0 Å². The fourth-order valence-corrected chi connectivity index (χ4v) is 4.44. The van der Waals surface area contributed by atoms with Crippen molar-refractivity contribution in [2.75, 3.05) is 0 Å². The van der Waals surface area contributed by atoms with E-state index in [0.29, 0.717) is 0 Å². The van der Waals surface area contributed by atoms with E-state index in [1.165, 1.54) is 56.9 Å². The Hall–Kier alpha value is -0.820. The minimum absolute atomic E-state index is 0.0382. The summed E-state index contributed by atoms with van der Waals surface area (Å²) >= 11 is 0. The fourth-order valence-electron chi connectivity index (χ4n) is 4.44. The van der Waals surface area contributed by atoms with Gasteiger partial charge in [-0.3, -0.25) is 0 Å². The minimum Gasteiger partial charge on any atom is -0.325 e. The van der Waals surface area contributed by atoms with Crippen LogP contribution in [0.15, 0.2) is 18.2 Å². The maximum atomic E-state index is 6.80. The van der Waals surface area contributed by atoms with Gasteiger partial charge in [-0.2, -0.15) is 0 Å². The predicted octanol–water partition coefficient (Wildman–Crippen LogP) is 4.65. The Kier molecular flexibility index (Phi) is 4.40. The molecule has 116 valence electrons. The maximum Gasteiger partial charge on any atom is 0.0195 e. The first-order valence-corrected chi connectivity index (χ1v) is 8.95. The molecule has 0 amide bonds. The number of hydrogen-bond acceptors (Lipinski definition) is 1. The Morgan fingerprint density at radius 1 is 1.10 bits per heavy atom. The zero-order chi connectivity index (χ0) is 14.9. The molecule has 0 aliphatic heterocycles. The molecule has 2 N–H and O–H groups in total. The lowest BCUT2D eigenvalue weighted by Crippen LogP contribution is -2.41. The summed E-state index contributed by atoms with van der Waals surface area (Å²) in [4.78, 5) is 0. The summed E-state index contributed by atoms with van der Waals surface area (Å²) in [6, 6.07) is 7.14. The Balaban J connectivity index is 1.68. The maximum absolute atomic E-state index is 6.80. The highest BCUT2D eigenvalue weighted by Gasteiger charge is 2.30. The third kappa shape index (κ3) is 3.51. The van der Waals surface area contributed by atoms with E-state index in [2.05, 4.69) is 32.0 Å². The Labute approximate surface area is 130 Å². The lowest BCUT2D eigenvalue weighted by atomic mass is 9.83. The molecule has 1 heteroatoms. The number of benzene rings is 1. The van der Waals surface area contributed by atoms with Crippen LogP contribution in [-0.4, -0.2) is 5.54 Å². The molecule has 1 fully saturated rings. The molecule has 2 aliphatic carbocycles. The van der Waals surface area contributed by atoms with E-state index < -0.39 is 0 Å². The van der Waals surface area contributed by atoms with Gasteiger partial charge in [-0.1, -0.05) is 44.9 Å². The second-order valence-corrected chi connectivity index (χ2v) is 7.93. The van der Waals surface area contributed by atoms with Gasteiger partial charge in [-0.05, 0) is 73.5 Å². The van der Waals surface area contributed by atoms with Crippen LogP contribution in [0.1, 0.15) is 69.1 Å². The van der Waals surface area contributed by atoms with Crippen molar-refractivity contribution in [3.63, 3.8) is 0 Å². The van der Waals surface area contributed by atoms with Crippen molar-refractivity contribution < 1.29 is 0 Å². The number of nitrogens with two attached hydrogens (primary N) is 1. The third-order valence-electron chi connectivity index (χ3n) is 5.92. The average molecular weight is 285 g/mol. The zero-order valence-corrected chi connectivity index (χ0v) is 13.8. The summed E-state index contributed by atoms with van der Waals surface area (Å²) in [5.41, 5.74) is 11.5. The number of fused-ring (bicyclic) bond motifs is 1. The van der Waals surface area contributed by atoms with Crippen molar-refractivity contribution >= 4 is 0 Å². The average Bonchev–Trinajstić information content (AvgIpc) is 2.81. The van der Waals surface area contributed by atoms with Gasteiger partial charge in [-0.25, -0.2) is 0 Å². The van der Waals surface area contributed by atoms with Crippen LogP contribution in [0, 0.1) is 11.8 Å². The van der Waals surface area contributed by atoms with Crippen LogP contribution in [0.4, 0.5) is 0 Å². The normalized spacial score (nSPS) is 29.4. The van der Waals surface area contributed by atoms with Gasteiger partial charge in [0.25, 0.3) is 0 Å². The van der Waals surface area contributed by atoms with Crippen LogP contribution in [0.25, 0.3) is 0 Å². The summed E-state index contributed by atoms with van der Waals surface area (Å²) in [5, 5.41) is 0. The summed E-state index contributed by atoms with van der Waals surface area (Å²) < 4.78 is 0. The van der Waals surface area contributed by atoms with Gasteiger partial charge in [0.2, 0.25) is 0 Å². The molecule has 0 radical (unpaired) electrons. The Morgan fingerprint density at radius 2 is 1.90 bits per heavy atom. The predicted molar refractivity (Wildman–Crippen MR) is 90.5 cm³/mol. The van der Waals surface area contributed by atoms with Crippen molar-refractivity contribution in [1.82, 2.24) is 0 Å². The highest BCUT2D eigenvalue weighted by Crippen LogP contribution is 2.35. The summed E-state index contributed by atoms with van der Waals surface area (Å²) in [6.45, 7) is 4.74. The molecule has 0 heterocycles.